The molecule has 0 aromatic heterocycles. The summed E-state index contributed by atoms with van der Waals surface area (Å²) in [6, 6.07) is 0. The molecule has 0 heterocycles. The van der Waals surface area contributed by atoms with Crippen molar-refractivity contribution in [2.75, 3.05) is 6.61 Å². The molecule has 0 saturated heterocycles. The van der Waals surface area contributed by atoms with E-state index in [-0.39, 0.29) is 6.29 Å². The largest absolute Gasteiger partial charge is 0.456 e. The molecular formula is C14H20O10. The molecule has 24 heavy (non-hydrogen) atoms. The Kier molecular flexibility index (Phi) is 9.25. The van der Waals surface area contributed by atoms with E-state index < -0.39 is 54.9 Å². The molecule has 0 aromatic carbocycles. The van der Waals surface area contributed by atoms with Crippen LogP contribution in [0, 0.1) is 0 Å². The Bertz CT molecular complexity index is 486. The van der Waals surface area contributed by atoms with Crippen molar-refractivity contribution in [2.45, 2.75) is 52.1 Å². The van der Waals surface area contributed by atoms with E-state index in [9.17, 15) is 29.1 Å². The number of aldehydes is 1. The minimum atomic E-state index is -1.64. The molecule has 0 rings (SSSR count). The number of hydrogen-bond acceptors (Lipinski definition) is 10. The van der Waals surface area contributed by atoms with Gasteiger partial charge in [0.25, 0.3) is 0 Å². The molecule has 0 aliphatic carbocycles. The molecule has 0 unspecified atom stereocenters. The van der Waals surface area contributed by atoms with Crippen molar-refractivity contribution in [2.24, 2.45) is 0 Å². The van der Waals surface area contributed by atoms with Gasteiger partial charge in [0.15, 0.2) is 30.7 Å². The number of carbonyl (C=O) groups is 5. The summed E-state index contributed by atoms with van der Waals surface area (Å²) in [6.07, 6.45) is -6.12. The van der Waals surface area contributed by atoms with Crippen molar-refractivity contribution in [3.63, 3.8) is 0 Å². The van der Waals surface area contributed by atoms with Gasteiger partial charge in [0.1, 0.15) is 0 Å². The van der Waals surface area contributed by atoms with E-state index in [2.05, 4.69) is 0 Å². The maximum atomic E-state index is 11.3. The first-order chi connectivity index (χ1) is 11.1. The van der Waals surface area contributed by atoms with Crippen LogP contribution in [-0.4, -0.2) is 66.3 Å². The van der Waals surface area contributed by atoms with Gasteiger partial charge in [-0.1, -0.05) is 0 Å². The molecule has 0 aromatic rings. The van der Waals surface area contributed by atoms with Gasteiger partial charge in [0.2, 0.25) is 0 Å². The van der Waals surface area contributed by atoms with Gasteiger partial charge in [0, 0.05) is 27.7 Å². The summed E-state index contributed by atoms with van der Waals surface area (Å²) in [5, 5.41) is 9.37. The third-order valence-corrected chi connectivity index (χ3v) is 2.55. The van der Waals surface area contributed by atoms with Crippen LogP contribution in [0.1, 0.15) is 27.7 Å². The zero-order valence-corrected chi connectivity index (χ0v) is 13.7. The first-order valence-electron chi connectivity index (χ1n) is 6.87. The molecule has 0 amide bonds. The van der Waals surface area contributed by atoms with Gasteiger partial charge < -0.3 is 24.1 Å². The summed E-state index contributed by atoms with van der Waals surface area (Å²) >= 11 is 0. The van der Waals surface area contributed by atoms with Crippen LogP contribution in [-0.2, 0) is 42.9 Å². The Morgan fingerprint density at radius 3 is 1.54 bits per heavy atom. The molecule has 1 N–H and O–H groups in total. The highest BCUT2D eigenvalue weighted by Crippen LogP contribution is 2.18. The third-order valence-electron chi connectivity index (χ3n) is 2.55. The predicted octanol–water partition coefficient (Wildman–Crippen LogP) is -1.10. The Labute approximate surface area is 138 Å². The lowest BCUT2D eigenvalue weighted by Crippen LogP contribution is -2.53. The van der Waals surface area contributed by atoms with Crippen molar-refractivity contribution < 1.29 is 48.0 Å². The topological polar surface area (TPSA) is 142 Å². The van der Waals surface area contributed by atoms with E-state index in [0.29, 0.717) is 0 Å². The molecule has 0 spiro atoms. The van der Waals surface area contributed by atoms with Crippen molar-refractivity contribution in [3.05, 3.63) is 0 Å². The fourth-order valence-electron chi connectivity index (χ4n) is 1.84. The second-order valence-corrected chi connectivity index (χ2v) is 4.69. The first kappa shape index (κ1) is 21.5. The van der Waals surface area contributed by atoms with Crippen LogP contribution in [0.4, 0.5) is 0 Å². The lowest BCUT2D eigenvalue weighted by molar-refractivity contribution is -0.199. The van der Waals surface area contributed by atoms with E-state index in [1.165, 1.54) is 0 Å². The number of hydrogen-bond donors (Lipinski definition) is 1. The van der Waals surface area contributed by atoms with Crippen LogP contribution in [0.3, 0.4) is 0 Å². The van der Waals surface area contributed by atoms with Crippen LogP contribution in [0.5, 0.6) is 0 Å². The molecule has 136 valence electrons. The highest BCUT2D eigenvalue weighted by molar-refractivity contribution is 5.72. The maximum absolute atomic E-state index is 11.3. The molecule has 0 fully saturated rings. The summed E-state index contributed by atoms with van der Waals surface area (Å²) in [5.74, 6) is -3.42. The van der Waals surface area contributed by atoms with Crippen LogP contribution in [0.15, 0.2) is 0 Å². The Morgan fingerprint density at radius 1 is 0.792 bits per heavy atom. The summed E-state index contributed by atoms with van der Waals surface area (Å²) < 4.78 is 19.4. The Hall–Kier alpha value is -2.49. The molecule has 0 aliphatic rings. The fraction of sp³-hybridized carbons (Fsp3) is 0.643. The monoisotopic (exact) mass is 348 g/mol. The van der Waals surface area contributed by atoms with Crippen LogP contribution in [0.2, 0.25) is 0 Å². The quantitative estimate of drug-likeness (QED) is 0.310. The van der Waals surface area contributed by atoms with E-state index in [1.54, 1.807) is 0 Å². The van der Waals surface area contributed by atoms with Gasteiger partial charge in [0.05, 0.1) is 6.61 Å². The number of rotatable bonds is 9. The summed E-state index contributed by atoms with van der Waals surface area (Å²) in [7, 11) is 0. The number of aliphatic hydroxyl groups is 1. The first-order valence-corrected chi connectivity index (χ1v) is 6.87. The molecule has 10 nitrogen and oxygen atoms in total. The highest BCUT2D eigenvalue weighted by Gasteiger charge is 2.43. The average Bonchev–Trinajstić information content (AvgIpc) is 2.45. The Balaban J connectivity index is 5.79. The zero-order chi connectivity index (χ0) is 18.9. The van der Waals surface area contributed by atoms with Crippen molar-refractivity contribution >= 4 is 30.2 Å². The highest BCUT2D eigenvalue weighted by atomic mass is 16.6. The molecule has 10 heteroatoms. The number of ether oxygens (including phenoxy) is 4. The minimum Gasteiger partial charge on any atom is -0.456 e. The van der Waals surface area contributed by atoms with Gasteiger partial charge in [-0.2, -0.15) is 0 Å². The van der Waals surface area contributed by atoms with E-state index in [0.717, 1.165) is 27.7 Å². The maximum Gasteiger partial charge on any atom is 0.303 e. The summed E-state index contributed by atoms with van der Waals surface area (Å²) in [4.78, 5) is 56.0. The molecule has 4 atom stereocenters. The zero-order valence-electron chi connectivity index (χ0n) is 13.7. The molecular weight excluding hydrogens is 328 g/mol. The lowest BCUT2D eigenvalue weighted by atomic mass is 10.0. The van der Waals surface area contributed by atoms with Crippen LogP contribution in [0.25, 0.3) is 0 Å². The van der Waals surface area contributed by atoms with Gasteiger partial charge >= 0.3 is 23.9 Å². The smallest absolute Gasteiger partial charge is 0.303 e. The van der Waals surface area contributed by atoms with Gasteiger partial charge in [-0.3, -0.25) is 24.0 Å². The number of carbonyl (C=O) groups excluding carboxylic acids is 5. The Morgan fingerprint density at radius 2 is 1.21 bits per heavy atom. The molecule has 0 saturated carbocycles. The van der Waals surface area contributed by atoms with Gasteiger partial charge in [-0.15, -0.1) is 0 Å². The second-order valence-electron chi connectivity index (χ2n) is 4.69. The number of esters is 4. The number of aliphatic hydroxyl groups excluding tert-OH is 1. The SMILES string of the molecule is CC(=O)O[C@H]([C@@H](OC(C)=O)[C@@H](CO)OC(C)=O)[C@@H](C=O)OC(C)=O. The summed E-state index contributed by atoms with van der Waals surface area (Å²) in [5.41, 5.74) is 0. The van der Waals surface area contributed by atoms with Crippen LogP contribution >= 0.6 is 0 Å². The standard InChI is InChI=1S/C14H20O10/c1-7(17)21-11(5-15)13(23-9(3)19)14(24-10(4)20)12(6-16)22-8(2)18/h5,11-14,16H,6H2,1-4H3/t11-,12-,13+,14+/m1/s1. The van der Waals surface area contributed by atoms with Gasteiger partial charge in [-0.05, 0) is 0 Å². The third kappa shape index (κ3) is 7.68. The van der Waals surface area contributed by atoms with Crippen molar-refractivity contribution in [1.82, 2.24) is 0 Å². The fourth-order valence-corrected chi connectivity index (χ4v) is 1.84. The molecule has 0 radical (unpaired) electrons. The second kappa shape index (κ2) is 10.3. The average molecular weight is 348 g/mol. The minimum absolute atomic E-state index is 0.160. The van der Waals surface area contributed by atoms with E-state index in [4.69, 9.17) is 18.9 Å². The molecule has 0 aliphatic heterocycles. The van der Waals surface area contributed by atoms with E-state index >= 15 is 0 Å². The van der Waals surface area contributed by atoms with Crippen LogP contribution < -0.4 is 0 Å². The van der Waals surface area contributed by atoms with Crippen molar-refractivity contribution in [3.8, 4) is 0 Å². The molecule has 0 bridgehead atoms. The van der Waals surface area contributed by atoms with Crippen molar-refractivity contribution in [1.29, 1.82) is 0 Å². The van der Waals surface area contributed by atoms with E-state index in [1.807, 2.05) is 0 Å². The normalized spacial score (nSPS) is 15.2. The van der Waals surface area contributed by atoms with Gasteiger partial charge in [-0.25, -0.2) is 0 Å². The lowest BCUT2D eigenvalue weighted by Gasteiger charge is -2.33. The summed E-state index contributed by atoms with van der Waals surface area (Å²) in [6.45, 7) is 3.27. The predicted molar refractivity (Wildman–Crippen MR) is 75.4 cm³/mol.